The van der Waals surface area contributed by atoms with Crippen LogP contribution in [0.1, 0.15) is 37.7 Å². The molecule has 1 aromatic heterocycles. The molecule has 0 bridgehead atoms. The number of para-hydroxylation sites is 1. The van der Waals surface area contributed by atoms with Crippen LogP contribution in [0, 0.1) is 0 Å². The topological polar surface area (TPSA) is 48.4 Å². The van der Waals surface area contributed by atoms with Crippen molar-refractivity contribution in [2.24, 2.45) is 5.73 Å². The molecule has 0 fully saturated rings. The second-order valence-corrected chi connectivity index (χ2v) is 5.57. The summed E-state index contributed by atoms with van der Waals surface area (Å²) < 4.78 is 11.2. The van der Waals surface area contributed by atoms with Gasteiger partial charge in [0.05, 0.1) is 13.2 Å². The summed E-state index contributed by atoms with van der Waals surface area (Å²) in [4.78, 5) is 0. The second kappa shape index (κ2) is 4.75. The first-order valence-corrected chi connectivity index (χ1v) is 6.21. The van der Waals surface area contributed by atoms with Gasteiger partial charge >= 0.3 is 0 Å². The molecule has 1 aromatic carbocycles. The third-order valence-electron chi connectivity index (χ3n) is 3.18. The highest BCUT2D eigenvalue weighted by Gasteiger charge is 2.22. The summed E-state index contributed by atoms with van der Waals surface area (Å²) in [7, 11) is 1.69. The number of fused-ring (bicyclic) bond motifs is 1. The largest absolute Gasteiger partial charge is 0.459 e. The van der Waals surface area contributed by atoms with Gasteiger partial charge in [0.15, 0.2) is 0 Å². The molecule has 0 aliphatic carbocycles. The van der Waals surface area contributed by atoms with Crippen molar-refractivity contribution < 1.29 is 9.15 Å². The lowest BCUT2D eigenvalue weighted by molar-refractivity contribution is 0.184. The Morgan fingerprint density at radius 2 is 2.00 bits per heavy atom. The van der Waals surface area contributed by atoms with Crippen LogP contribution < -0.4 is 5.73 Å². The van der Waals surface area contributed by atoms with Crippen molar-refractivity contribution in [3.05, 3.63) is 35.1 Å². The average Bonchev–Trinajstić information content (AvgIpc) is 2.66. The smallest absolute Gasteiger partial charge is 0.138 e. The van der Waals surface area contributed by atoms with Crippen LogP contribution in [0.2, 0.25) is 0 Å². The van der Waals surface area contributed by atoms with Crippen LogP contribution in [0.3, 0.4) is 0 Å². The zero-order chi connectivity index (χ0) is 13.3. The van der Waals surface area contributed by atoms with Crippen LogP contribution in [0.4, 0.5) is 0 Å². The van der Waals surface area contributed by atoms with Gasteiger partial charge in [0, 0.05) is 23.6 Å². The van der Waals surface area contributed by atoms with E-state index in [0.29, 0.717) is 13.2 Å². The first-order chi connectivity index (χ1) is 8.49. The number of methoxy groups -OCH3 is 1. The van der Waals surface area contributed by atoms with E-state index in [0.717, 1.165) is 22.3 Å². The lowest BCUT2D eigenvalue weighted by atomic mass is 9.86. The van der Waals surface area contributed by atoms with Crippen LogP contribution in [0.25, 0.3) is 11.0 Å². The summed E-state index contributed by atoms with van der Waals surface area (Å²) in [6, 6.07) is 6.25. The Morgan fingerprint density at radius 3 is 2.56 bits per heavy atom. The Kier molecular flexibility index (Phi) is 3.46. The van der Waals surface area contributed by atoms with E-state index in [4.69, 9.17) is 14.9 Å². The van der Waals surface area contributed by atoms with E-state index in [9.17, 15) is 0 Å². The molecule has 18 heavy (non-hydrogen) atoms. The van der Waals surface area contributed by atoms with Crippen molar-refractivity contribution in [2.75, 3.05) is 7.11 Å². The molecule has 2 aromatic rings. The lowest BCUT2D eigenvalue weighted by Gasteiger charge is -2.18. The van der Waals surface area contributed by atoms with Crippen molar-refractivity contribution in [3.63, 3.8) is 0 Å². The summed E-state index contributed by atoms with van der Waals surface area (Å²) in [5.74, 6) is 0.823. The Labute approximate surface area is 108 Å². The van der Waals surface area contributed by atoms with Crippen LogP contribution in [0.5, 0.6) is 0 Å². The van der Waals surface area contributed by atoms with Gasteiger partial charge in [0.1, 0.15) is 11.3 Å². The molecule has 0 atom stereocenters. The fraction of sp³-hybridized carbons (Fsp3) is 0.467. The number of rotatable bonds is 3. The van der Waals surface area contributed by atoms with Gasteiger partial charge in [-0.2, -0.15) is 0 Å². The van der Waals surface area contributed by atoms with E-state index in [1.54, 1.807) is 7.11 Å². The summed E-state index contributed by atoms with van der Waals surface area (Å²) >= 11 is 0. The maximum absolute atomic E-state index is 5.95. The molecule has 0 saturated carbocycles. The first kappa shape index (κ1) is 13.1. The fourth-order valence-corrected chi connectivity index (χ4v) is 2.28. The third kappa shape index (κ3) is 2.16. The van der Waals surface area contributed by atoms with Crippen molar-refractivity contribution in [1.29, 1.82) is 0 Å². The molecule has 3 heteroatoms. The Morgan fingerprint density at radius 1 is 1.28 bits per heavy atom. The summed E-state index contributed by atoms with van der Waals surface area (Å²) in [6.07, 6.45) is 0. The fourth-order valence-electron chi connectivity index (χ4n) is 2.28. The van der Waals surface area contributed by atoms with Crippen molar-refractivity contribution in [2.45, 2.75) is 39.3 Å². The number of furan rings is 1. The highest BCUT2D eigenvalue weighted by Crippen LogP contribution is 2.34. The molecular formula is C15H21NO2. The second-order valence-electron chi connectivity index (χ2n) is 5.57. The van der Waals surface area contributed by atoms with Gasteiger partial charge in [-0.05, 0) is 5.41 Å². The molecule has 2 rings (SSSR count). The summed E-state index contributed by atoms with van der Waals surface area (Å²) in [6.45, 7) is 7.48. The highest BCUT2D eigenvalue weighted by molar-refractivity contribution is 5.85. The maximum atomic E-state index is 5.95. The molecule has 3 nitrogen and oxygen atoms in total. The highest BCUT2D eigenvalue weighted by atomic mass is 16.5. The molecule has 0 saturated heterocycles. The van der Waals surface area contributed by atoms with Gasteiger partial charge in [-0.15, -0.1) is 0 Å². The van der Waals surface area contributed by atoms with Gasteiger partial charge in [-0.3, -0.25) is 0 Å². The van der Waals surface area contributed by atoms with E-state index in [2.05, 4.69) is 39.0 Å². The minimum Gasteiger partial charge on any atom is -0.459 e. The normalized spacial score (nSPS) is 12.3. The van der Waals surface area contributed by atoms with Crippen LogP contribution in [0.15, 0.2) is 22.6 Å². The molecule has 0 unspecified atom stereocenters. The zero-order valence-electron chi connectivity index (χ0n) is 11.5. The third-order valence-corrected chi connectivity index (χ3v) is 3.18. The lowest BCUT2D eigenvalue weighted by Crippen LogP contribution is -2.11. The molecule has 2 N–H and O–H groups in total. The van der Waals surface area contributed by atoms with Gasteiger partial charge in [-0.1, -0.05) is 39.0 Å². The number of nitrogens with two attached hydrogens (primary N) is 1. The monoisotopic (exact) mass is 247 g/mol. The Bertz CT molecular complexity index is 549. The van der Waals surface area contributed by atoms with E-state index in [1.807, 2.05) is 0 Å². The van der Waals surface area contributed by atoms with Gasteiger partial charge in [-0.25, -0.2) is 0 Å². The maximum Gasteiger partial charge on any atom is 0.138 e. The van der Waals surface area contributed by atoms with Crippen molar-refractivity contribution in [3.8, 4) is 0 Å². The molecule has 0 radical (unpaired) electrons. The minimum absolute atomic E-state index is 0.0492. The van der Waals surface area contributed by atoms with Gasteiger partial charge in [0.2, 0.25) is 0 Å². The molecule has 0 aliphatic rings. The molecular weight excluding hydrogens is 226 g/mol. The van der Waals surface area contributed by atoms with Crippen molar-refractivity contribution >= 4 is 11.0 Å². The van der Waals surface area contributed by atoms with Crippen LogP contribution in [-0.4, -0.2) is 7.11 Å². The molecule has 0 aliphatic heterocycles. The average molecular weight is 247 g/mol. The summed E-state index contributed by atoms with van der Waals surface area (Å²) in [5.41, 5.74) is 9.02. The molecule has 0 spiro atoms. The van der Waals surface area contributed by atoms with Gasteiger partial charge < -0.3 is 14.9 Å². The first-order valence-electron chi connectivity index (χ1n) is 6.21. The van der Waals surface area contributed by atoms with Crippen LogP contribution in [-0.2, 0) is 23.3 Å². The predicted octanol–water partition coefficient (Wildman–Crippen LogP) is 3.34. The molecule has 0 amide bonds. The number of hydrogen-bond donors (Lipinski definition) is 1. The van der Waals surface area contributed by atoms with Crippen LogP contribution >= 0.6 is 0 Å². The zero-order valence-corrected chi connectivity index (χ0v) is 11.5. The standard InChI is InChI=1S/C15H21NO2/c1-15(2,3)12-7-5-6-10-11(9-17-4)13(8-16)18-14(10)12/h5-7H,8-9,16H2,1-4H3. The molecule has 1 heterocycles. The SMILES string of the molecule is COCc1c(CN)oc2c(C(C)(C)C)cccc12. The number of benzene rings is 1. The minimum atomic E-state index is 0.0492. The van der Waals surface area contributed by atoms with E-state index >= 15 is 0 Å². The van der Waals surface area contributed by atoms with Crippen molar-refractivity contribution in [1.82, 2.24) is 0 Å². The molecule has 98 valence electrons. The summed E-state index contributed by atoms with van der Waals surface area (Å²) in [5, 5.41) is 1.12. The Balaban J connectivity index is 2.72. The van der Waals surface area contributed by atoms with E-state index < -0.39 is 0 Å². The quantitative estimate of drug-likeness (QED) is 0.905. The number of ether oxygens (including phenoxy) is 1. The predicted molar refractivity (Wildman–Crippen MR) is 73.5 cm³/mol. The Hall–Kier alpha value is -1.32. The van der Waals surface area contributed by atoms with E-state index in [-0.39, 0.29) is 5.41 Å². The number of hydrogen-bond acceptors (Lipinski definition) is 3. The van der Waals surface area contributed by atoms with Gasteiger partial charge in [0.25, 0.3) is 0 Å². The van der Waals surface area contributed by atoms with E-state index in [1.165, 1.54) is 5.56 Å².